The fourth-order valence-electron chi connectivity index (χ4n) is 4.70. The largest absolute Gasteiger partial charge is 0.338 e. The first kappa shape index (κ1) is 22.7. The number of Topliss-reactive ketones (excluding diaryl/α,β-unsaturated/α-hetero) is 1. The number of amides is 1. The van der Waals surface area contributed by atoms with E-state index in [1.54, 1.807) is 35.2 Å². The molecule has 1 saturated heterocycles. The Hall–Kier alpha value is -2.52. The zero-order valence-corrected chi connectivity index (χ0v) is 19.8. The van der Waals surface area contributed by atoms with Gasteiger partial charge in [-0.3, -0.25) is 9.59 Å². The van der Waals surface area contributed by atoms with Crippen LogP contribution in [-0.2, 0) is 5.67 Å². The van der Waals surface area contributed by atoms with E-state index in [0.717, 1.165) is 24.0 Å². The van der Waals surface area contributed by atoms with E-state index in [0.29, 0.717) is 41.3 Å². The summed E-state index contributed by atoms with van der Waals surface area (Å²) in [5, 5.41) is 9.18. The second kappa shape index (κ2) is 9.15. The van der Waals surface area contributed by atoms with Crippen molar-refractivity contribution in [3.63, 3.8) is 0 Å². The highest BCUT2D eigenvalue weighted by atomic mass is 79.9. The highest BCUT2D eigenvalue weighted by molar-refractivity contribution is 9.09. The fraction of sp³-hybridized carbons (Fsp3) is 0.423. The molecule has 166 valence electrons. The van der Waals surface area contributed by atoms with Crippen LogP contribution in [0.25, 0.3) is 0 Å². The van der Waals surface area contributed by atoms with Crippen LogP contribution in [0.15, 0.2) is 36.4 Å². The van der Waals surface area contributed by atoms with Crippen molar-refractivity contribution in [1.29, 1.82) is 5.26 Å². The number of carbonyl (C=O) groups excluding carboxylic acids is 2. The number of alkyl halides is 2. The Bertz CT molecular complexity index is 1080. The molecule has 4 rings (SSSR count). The molecule has 1 saturated carbocycles. The van der Waals surface area contributed by atoms with Crippen LogP contribution in [0.2, 0.25) is 0 Å². The van der Waals surface area contributed by atoms with Gasteiger partial charge in [0.05, 0.1) is 17.0 Å². The minimum Gasteiger partial charge on any atom is -0.338 e. The van der Waals surface area contributed by atoms with E-state index in [1.165, 1.54) is 6.42 Å². The van der Waals surface area contributed by atoms with Gasteiger partial charge in [-0.05, 0) is 60.6 Å². The Balaban J connectivity index is 1.53. The molecule has 2 aromatic carbocycles. The second-order valence-corrected chi connectivity index (χ2v) is 9.45. The number of carbonyl (C=O) groups is 2. The SMILES string of the molecule is Cc1cc(C2CCC2)c(C(=O)CBr)cc1C(=O)N1CCC(F)(c2ccc(C#N)cc2)CC1. The zero-order valence-electron chi connectivity index (χ0n) is 18.2. The summed E-state index contributed by atoms with van der Waals surface area (Å²) in [5.41, 5.74) is 2.63. The van der Waals surface area contributed by atoms with Crippen LogP contribution in [0.1, 0.15) is 81.0 Å². The zero-order chi connectivity index (χ0) is 22.9. The van der Waals surface area contributed by atoms with Gasteiger partial charge in [0.1, 0.15) is 5.67 Å². The predicted molar refractivity (Wildman–Crippen MR) is 125 cm³/mol. The summed E-state index contributed by atoms with van der Waals surface area (Å²) in [6, 6.07) is 12.4. The van der Waals surface area contributed by atoms with Crippen molar-refractivity contribution < 1.29 is 14.0 Å². The van der Waals surface area contributed by atoms with Crippen molar-refractivity contribution in [1.82, 2.24) is 4.90 Å². The van der Waals surface area contributed by atoms with E-state index in [-0.39, 0.29) is 29.9 Å². The van der Waals surface area contributed by atoms with Crippen LogP contribution in [0.3, 0.4) is 0 Å². The average Bonchev–Trinajstić information content (AvgIpc) is 2.78. The van der Waals surface area contributed by atoms with E-state index in [9.17, 15) is 9.59 Å². The molecule has 1 aliphatic heterocycles. The second-order valence-electron chi connectivity index (χ2n) is 8.89. The third-order valence-corrected chi connectivity index (χ3v) is 7.48. The van der Waals surface area contributed by atoms with Crippen molar-refractivity contribution in [2.45, 2.75) is 50.6 Å². The van der Waals surface area contributed by atoms with Gasteiger partial charge < -0.3 is 4.90 Å². The summed E-state index contributed by atoms with van der Waals surface area (Å²) >= 11 is 3.27. The molecule has 4 nitrogen and oxygen atoms in total. The van der Waals surface area contributed by atoms with E-state index >= 15 is 4.39 Å². The lowest BCUT2D eigenvalue weighted by atomic mass is 9.76. The lowest BCUT2D eigenvalue weighted by Crippen LogP contribution is -2.43. The third-order valence-electron chi connectivity index (χ3n) is 6.97. The molecule has 32 heavy (non-hydrogen) atoms. The number of hydrogen-bond acceptors (Lipinski definition) is 3. The molecule has 1 aliphatic carbocycles. The smallest absolute Gasteiger partial charge is 0.254 e. The van der Waals surface area contributed by atoms with E-state index < -0.39 is 5.67 Å². The van der Waals surface area contributed by atoms with Gasteiger partial charge in [0.25, 0.3) is 5.91 Å². The fourth-order valence-corrected chi connectivity index (χ4v) is 5.00. The number of halogens is 2. The van der Waals surface area contributed by atoms with Crippen LogP contribution in [0.4, 0.5) is 4.39 Å². The number of ketones is 1. The molecule has 2 aromatic rings. The molecule has 0 unspecified atom stereocenters. The Kier molecular flexibility index (Phi) is 6.48. The number of likely N-dealkylation sites (tertiary alicyclic amines) is 1. The predicted octanol–water partition coefficient (Wildman–Crippen LogP) is 5.81. The van der Waals surface area contributed by atoms with Gasteiger partial charge in [-0.15, -0.1) is 0 Å². The van der Waals surface area contributed by atoms with E-state index in [4.69, 9.17) is 5.26 Å². The number of aryl methyl sites for hydroxylation is 1. The molecular weight excluding hydrogens is 471 g/mol. The normalized spacial score (nSPS) is 18.0. The molecule has 0 spiro atoms. The minimum absolute atomic E-state index is 0.0109. The van der Waals surface area contributed by atoms with Crippen LogP contribution in [-0.4, -0.2) is 35.0 Å². The molecule has 1 heterocycles. The van der Waals surface area contributed by atoms with Gasteiger partial charge in [0, 0.05) is 37.1 Å². The molecule has 1 amide bonds. The molecule has 0 atom stereocenters. The minimum atomic E-state index is -1.51. The number of benzene rings is 2. The lowest BCUT2D eigenvalue weighted by molar-refractivity contribution is 0.0421. The molecule has 0 N–H and O–H groups in total. The van der Waals surface area contributed by atoms with Gasteiger partial charge in [-0.1, -0.05) is 40.5 Å². The number of hydrogen-bond donors (Lipinski definition) is 0. The monoisotopic (exact) mass is 496 g/mol. The molecule has 2 fully saturated rings. The summed E-state index contributed by atoms with van der Waals surface area (Å²) in [6.07, 6.45) is 3.74. The summed E-state index contributed by atoms with van der Waals surface area (Å²) in [5.74, 6) is 0.238. The van der Waals surface area contributed by atoms with Crippen molar-refractivity contribution in [3.8, 4) is 6.07 Å². The first-order chi connectivity index (χ1) is 15.4. The summed E-state index contributed by atoms with van der Waals surface area (Å²) < 4.78 is 15.6. The van der Waals surface area contributed by atoms with Crippen LogP contribution >= 0.6 is 15.9 Å². The van der Waals surface area contributed by atoms with Gasteiger partial charge in [0.15, 0.2) is 5.78 Å². The van der Waals surface area contributed by atoms with Crippen LogP contribution in [0, 0.1) is 18.3 Å². The molecule has 6 heteroatoms. The highest BCUT2D eigenvalue weighted by Gasteiger charge is 2.38. The summed E-state index contributed by atoms with van der Waals surface area (Å²) in [7, 11) is 0. The topological polar surface area (TPSA) is 61.2 Å². The number of nitriles is 1. The molecule has 0 aromatic heterocycles. The molecule has 0 radical (unpaired) electrons. The third kappa shape index (κ3) is 4.23. The first-order valence-electron chi connectivity index (χ1n) is 11.1. The Labute approximate surface area is 196 Å². The summed E-state index contributed by atoms with van der Waals surface area (Å²) in [6.45, 7) is 2.53. The summed E-state index contributed by atoms with van der Waals surface area (Å²) in [4.78, 5) is 27.6. The van der Waals surface area contributed by atoms with Crippen molar-refractivity contribution in [2.75, 3.05) is 18.4 Å². The Morgan fingerprint density at radius 3 is 2.34 bits per heavy atom. The number of nitrogens with zero attached hydrogens (tertiary/aromatic N) is 2. The van der Waals surface area contributed by atoms with E-state index in [1.807, 2.05) is 19.1 Å². The average molecular weight is 497 g/mol. The van der Waals surface area contributed by atoms with Crippen LogP contribution < -0.4 is 0 Å². The molecule has 2 aliphatic rings. The lowest BCUT2D eigenvalue weighted by Gasteiger charge is -2.37. The quantitative estimate of drug-likeness (QED) is 0.387. The Morgan fingerprint density at radius 1 is 1.16 bits per heavy atom. The highest BCUT2D eigenvalue weighted by Crippen LogP contribution is 2.40. The van der Waals surface area contributed by atoms with Crippen molar-refractivity contribution in [3.05, 3.63) is 69.8 Å². The molecule has 0 bridgehead atoms. The Morgan fingerprint density at radius 2 is 1.81 bits per heavy atom. The number of piperidine rings is 1. The maximum absolute atomic E-state index is 15.6. The van der Waals surface area contributed by atoms with Crippen molar-refractivity contribution in [2.24, 2.45) is 0 Å². The molecular formula is C26H26BrFN2O2. The van der Waals surface area contributed by atoms with E-state index in [2.05, 4.69) is 15.9 Å². The van der Waals surface area contributed by atoms with Crippen LogP contribution in [0.5, 0.6) is 0 Å². The van der Waals surface area contributed by atoms with Gasteiger partial charge in [-0.2, -0.15) is 5.26 Å². The number of rotatable bonds is 5. The van der Waals surface area contributed by atoms with Gasteiger partial charge >= 0.3 is 0 Å². The first-order valence-corrected chi connectivity index (χ1v) is 12.2. The standard InChI is InChI=1S/C26H26BrFN2O2/c1-17-13-22(19-3-2-4-19)23(24(31)15-27)14-21(17)25(32)30-11-9-26(28,10-12-30)20-7-5-18(16-29)6-8-20/h5-8,13-14,19H,2-4,9-12,15H2,1H3. The maximum Gasteiger partial charge on any atom is 0.254 e. The van der Waals surface area contributed by atoms with Gasteiger partial charge in [-0.25, -0.2) is 4.39 Å². The van der Waals surface area contributed by atoms with Crippen molar-refractivity contribution >= 4 is 27.6 Å². The maximum atomic E-state index is 15.6. The van der Waals surface area contributed by atoms with Gasteiger partial charge in [0.2, 0.25) is 0 Å².